The normalized spacial score (nSPS) is 12.9. The van der Waals surface area contributed by atoms with Crippen molar-refractivity contribution in [3.05, 3.63) is 74.1 Å². The summed E-state index contributed by atoms with van der Waals surface area (Å²) in [5.41, 5.74) is 3.13. The molecule has 0 saturated heterocycles. The first-order valence-electron chi connectivity index (χ1n) is 10.6. The topological polar surface area (TPSA) is 88.1 Å². The average Bonchev–Trinajstić information content (AvgIpc) is 2.80. The maximum absolute atomic E-state index is 11.7. The number of nitrogens with zero attached hydrogens (tertiary/aromatic N) is 2. The molecule has 178 valence electrons. The lowest BCUT2D eigenvalue weighted by molar-refractivity contribution is -0.119. The van der Waals surface area contributed by atoms with Crippen LogP contribution in [0.1, 0.15) is 35.6 Å². The van der Waals surface area contributed by atoms with E-state index in [1.54, 1.807) is 19.2 Å². The Kier molecular flexibility index (Phi) is 11.5. The second-order valence-corrected chi connectivity index (χ2v) is 8.82. The molecule has 1 N–H and O–H groups in total. The molecule has 0 fully saturated rings. The lowest BCUT2D eigenvalue weighted by Crippen LogP contribution is -2.36. The van der Waals surface area contributed by atoms with Crippen molar-refractivity contribution in [1.82, 2.24) is 10.2 Å². The summed E-state index contributed by atoms with van der Waals surface area (Å²) in [5.74, 6) is -1.03. The van der Waals surface area contributed by atoms with Gasteiger partial charge in [-0.05, 0) is 42.5 Å². The molecule has 2 atom stereocenters. The highest BCUT2D eigenvalue weighted by Crippen LogP contribution is 2.25. The van der Waals surface area contributed by atoms with E-state index in [1.165, 1.54) is 5.56 Å². The highest BCUT2D eigenvalue weighted by atomic mass is 35.5. The van der Waals surface area contributed by atoms with Crippen LogP contribution in [-0.4, -0.2) is 44.0 Å². The van der Waals surface area contributed by atoms with E-state index in [-0.39, 0.29) is 25.0 Å². The van der Waals surface area contributed by atoms with Gasteiger partial charge in [-0.25, -0.2) is 0 Å². The maximum atomic E-state index is 11.7. The van der Waals surface area contributed by atoms with E-state index in [9.17, 15) is 14.5 Å². The number of aryl methyl sites for hydroxylation is 1. The number of hydrogen-bond donors (Lipinski definition) is 1. The van der Waals surface area contributed by atoms with Crippen LogP contribution in [0.4, 0.5) is 0 Å². The van der Waals surface area contributed by atoms with Crippen molar-refractivity contribution in [3.8, 4) is 0 Å². The fraction of sp³-hybridized carbons (Fsp3) is 0.417. The number of rotatable bonds is 14. The number of hydrogen-bond acceptors (Lipinski definition) is 5. The van der Waals surface area contributed by atoms with Gasteiger partial charge in [0.2, 0.25) is 6.41 Å². The minimum Gasteiger partial charge on any atom is -0.377 e. The maximum Gasteiger partial charge on any atom is 0.286 e. The summed E-state index contributed by atoms with van der Waals surface area (Å²) in [6.45, 7) is 3.87. The first kappa shape index (κ1) is 26.9. The number of carbonyl (C=O) groups is 2. The van der Waals surface area contributed by atoms with Crippen LogP contribution in [-0.2, 0) is 20.9 Å². The number of nitrogens with one attached hydrogen (secondary N) is 1. The van der Waals surface area contributed by atoms with Crippen LogP contribution in [0.2, 0.25) is 10.0 Å². The lowest BCUT2D eigenvalue weighted by Gasteiger charge is -2.29. The number of methoxy groups -OCH3 is 1. The Morgan fingerprint density at radius 2 is 1.94 bits per heavy atom. The van der Waals surface area contributed by atoms with Crippen molar-refractivity contribution in [2.45, 2.75) is 32.4 Å². The molecule has 2 unspecified atom stereocenters. The minimum absolute atomic E-state index is 0.0547. The number of amides is 2. The van der Waals surface area contributed by atoms with Crippen molar-refractivity contribution in [2.24, 2.45) is 11.1 Å². The molecule has 33 heavy (non-hydrogen) atoms. The molecule has 2 aromatic rings. The third-order valence-electron chi connectivity index (χ3n) is 5.42. The predicted molar refractivity (Wildman–Crippen MR) is 130 cm³/mol. The van der Waals surface area contributed by atoms with Gasteiger partial charge in [0, 0.05) is 54.9 Å². The number of benzene rings is 2. The molecule has 0 spiro atoms. The molecule has 2 amide bonds. The predicted octanol–water partition coefficient (Wildman–Crippen LogP) is 4.93. The van der Waals surface area contributed by atoms with Crippen LogP contribution in [0.5, 0.6) is 0 Å². The van der Waals surface area contributed by atoms with E-state index < -0.39 is 5.91 Å². The van der Waals surface area contributed by atoms with Gasteiger partial charge >= 0.3 is 0 Å². The van der Waals surface area contributed by atoms with Gasteiger partial charge in [-0.3, -0.25) is 14.5 Å². The highest BCUT2D eigenvalue weighted by Gasteiger charge is 2.21. The summed E-state index contributed by atoms with van der Waals surface area (Å²) in [7, 11) is 1.68. The van der Waals surface area contributed by atoms with E-state index in [4.69, 9.17) is 27.9 Å². The Balaban J connectivity index is 2.19. The first-order chi connectivity index (χ1) is 15.9. The lowest BCUT2D eigenvalue weighted by atomic mass is 10.0. The van der Waals surface area contributed by atoms with Gasteiger partial charge in [0.15, 0.2) is 0 Å². The van der Waals surface area contributed by atoms with Gasteiger partial charge < -0.3 is 10.1 Å². The molecule has 0 aliphatic carbocycles. The van der Waals surface area contributed by atoms with Gasteiger partial charge in [0.25, 0.3) is 5.91 Å². The van der Waals surface area contributed by atoms with Crippen LogP contribution in [0.25, 0.3) is 0 Å². The van der Waals surface area contributed by atoms with E-state index in [2.05, 4.69) is 27.5 Å². The molecular formula is C24H29Cl2N3O4. The highest BCUT2D eigenvalue weighted by molar-refractivity contribution is 6.35. The summed E-state index contributed by atoms with van der Waals surface area (Å²) in [6.07, 6.45) is 1.10. The van der Waals surface area contributed by atoms with E-state index in [0.717, 1.165) is 11.1 Å². The van der Waals surface area contributed by atoms with Crippen LogP contribution in [0.3, 0.4) is 0 Å². The molecule has 2 aromatic carbocycles. The van der Waals surface area contributed by atoms with Gasteiger partial charge in [0.1, 0.15) is 0 Å². The quantitative estimate of drug-likeness (QED) is 0.297. The van der Waals surface area contributed by atoms with Gasteiger partial charge in [-0.1, -0.05) is 59.1 Å². The van der Waals surface area contributed by atoms with E-state index in [0.29, 0.717) is 42.5 Å². The molecule has 2 rings (SSSR count). The summed E-state index contributed by atoms with van der Waals surface area (Å²) in [6, 6.07) is 13.5. The third kappa shape index (κ3) is 9.21. The smallest absolute Gasteiger partial charge is 0.286 e. The zero-order chi connectivity index (χ0) is 24.2. The van der Waals surface area contributed by atoms with Crippen molar-refractivity contribution in [2.75, 3.05) is 26.7 Å². The Morgan fingerprint density at radius 3 is 2.55 bits per heavy atom. The Hall–Kier alpha value is -2.32. The monoisotopic (exact) mass is 493 g/mol. The second-order valence-electron chi connectivity index (χ2n) is 7.98. The Bertz CT molecular complexity index is 924. The summed E-state index contributed by atoms with van der Waals surface area (Å²) in [5, 5.41) is 6.20. The van der Waals surface area contributed by atoms with Crippen LogP contribution >= 0.6 is 23.2 Å². The number of carbonyl (C=O) groups excluding carboxylic acids is 2. The second kappa shape index (κ2) is 14.1. The van der Waals surface area contributed by atoms with Gasteiger partial charge in [-0.15, -0.1) is 4.91 Å². The van der Waals surface area contributed by atoms with Gasteiger partial charge in [0.05, 0.1) is 6.10 Å². The molecule has 0 saturated carbocycles. The molecule has 7 nitrogen and oxygen atoms in total. The zero-order valence-electron chi connectivity index (χ0n) is 18.8. The number of ether oxygens (including phenoxy) is 1. The van der Waals surface area contributed by atoms with Crippen molar-refractivity contribution < 1.29 is 14.3 Å². The standard InChI is InChI=1S/C24H29Cl2N3O4/c1-17-3-5-19(6-4-17)23(33-2)9-10-29(15-20-7-8-21(25)12-22(20)26)14-18(13-27-16-30)11-24(31)28-32/h3-8,12,16,18,23H,9-11,13-15H2,1-2H3,(H,27,30). The number of nitroso groups, excluding NO2 is 1. The van der Waals surface area contributed by atoms with Crippen LogP contribution < -0.4 is 5.32 Å². The molecule has 0 bridgehead atoms. The van der Waals surface area contributed by atoms with Crippen molar-refractivity contribution >= 4 is 35.5 Å². The molecule has 0 aliphatic heterocycles. The zero-order valence-corrected chi connectivity index (χ0v) is 20.3. The fourth-order valence-electron chi connectivity index (χ4n) is 3.69. The number of halogens is 2. The largest absolute Gasteiger partial charge is 0.377 e. The van der Waals surface area contributed by atoms with Crippen LogP contribution in [0, 0.1) is 17.7 Å². The third-order valence-corrected chi connectivity index (χ3v) is 6.01. The summed E-state index contributed by atoms with van der Waals surface area (Å²) >= 11 is 12.4. The molecule has 0 radical (unpaired) electrons. The Labute approximate surface area is 204 Å². The molecule has 0 aliphatic rings. The van der Waals surface area contributed by atoms with Crippen LogP contribution in [0.15, 0.2) is 47.6 Å². The average molecular weight is 494 g/mol. The molecule has 0 aromatic heterocycles. The first-order valence-corrected chi connectivity index (χ1v) is 11.4. The summed E-state index contributed by atoms with van der Waals surface area (Å²) < 4.78 is 5.73. The van der Waals surface area contributed by atoms with E-state index in [1.807, 2.05) is 25.1 Å². The minimum atomic E-state index is -0.744. The Morgan fingerprint density at radius 1 is 1.21 bits per heavy atom. The fourth-order valence-corrected chi connectivity index (χ4v) is 4.16. The van der Waals surface area contributed by atoms with E-state index >= 15 is 0 Å². The van der Waals surface area contributed by atoms with Crippen molar-refractivity contribution in [1.29, 1.82) is 0 Å². The van der Waals surface area contributed by atoms with Gasteiger partial charge in [-0.2, -0.15) is 0 Å². The molecule has 9 heteroatoms. The summed E-state index contributed by atoms with van der Waals surface area (Å²) in [4.78, 5) is 35.3. The molecular weight excluding hydrogens is 465 g/mol. The molecule has 0 heterocycles. The van der Waals surface area contributed by atoms with Crippen molar-refractivity contribution in [3.63, 3.8) is 0 Å². The SMILES string of the molecule is COC(CCN(Cc1ccc(Cl)cc1Cl)CC(CNC=O)CC(=O)N=O)c1ccc(C)cc1.